The fourth-order valence-electron chi connectivity index (χ4n) is 0.529. The molecule has 0 spiro atoms. The average Bonchev–Trinajstić information content (AvgIpc) is 1.97. The van der Waals surface area contributed by atoms with Crippen molar-refractivity contribution >= 4 is 23.1 Å². The van der Waals surface area contributed by atoms with E-state index in [2.05, 4.69) is 17.7 Å². The van der Waals surface area contributed by atoms with Crippen LogP contribution in [0.5, 0.6) is 0 Å². The van der Waals surface area contributed by atoms with E-state index in [1.54, 1.807) is 7.11 Å². The first-order chi connectivity index (χ1) is 4.91. The standard InChI is InChI=1S/C8H15O2.HI.Mg/c1-3-4-5-6-7-10-8-9-2;;/h4-5H,1,3,6-8H2,2H3;1H;/q-1;;+2/p-1/b5-4-;;. The minimum atomic E-state index is 0. The van der Waals surface area contributed by atoms with E-state index in [0.29, 0.717) is 6.79 Å². The van der Waals surface area contributed by atoms with Crippen molar-refractivity contribution in [2.24, 2.45) is 0 Å². The quantitative estimate of drug-likeness (QED) is 0.147. The molecule has 0 fully saturated rings. The Morgan fingerprint density at radius 3 is 2.50 bits per heavy atom. The summed E-state index contributed by atoms with van der Waals surface area (Å²) in [6.45, 7) is 4.78. The van der Waals surface area contributed by atoms with Gasteiger partial charge in [-0.2, -0.15) is 6.42 Å². The second kappa shape index (κ2) is 18.0. The summed E-state index contributed by atoms with van der Waals surface area (Å²) < 4.78 is 9.73. The predicted molar refractivity (Wildman–Crippen MR) is 47.3 cm³/mol. The second-order valence-electron chi connectivity index (χ2n) is 1.86. The molecule has 0 heterocycles. The van der Waals surface area contributed by atoms with Crippen molar-refractivity contribution < 1.29 is 33.5 Å². The number of halogens is 1. The van der Waals surface area contributed by atoms with Gasteiger partial charge in [-0.15, -0.1) is 6.08 Å². The molecule has 0 bridgehead atoms. The molecule has 0 aliphatic rings. The Balaban J connectivity index is -0.000000405. The van der Waals surface area contributed by atoms with Crippen LogP contribution in [-0.4, -0.2) is 43.6 Å². The first kappa shape index (κ1) is 18.8. The Kier molecular flexibility index (Phi) is 28.3. The van der Waals surface area contributed by atoms with Gasteiger partial charge in [0.05, 0.1) is 6.61 Å². The molecule has 0 N–H and O–H groups in total. The summed E-state index contributed by atoms with van der Waals surface area (Å²) in [5.74, 6) is 0. The molecule has 4 heteroatoms. The van der Waals surface area contributed by atoms with E-state index in [0.717, 1.165) is 19.4 Å². The molecule has 0 aromatic heterocycles. The zero-order valence-electron chi connectivity index (χ0n) is 7.59. The van der Waals surface area contributed by atoms with Crippen LogP contribution in [0, 0.1) is 6.92 Å². The van der Waals surface area contributed by atoms with Gasteiger partial charge in [-0.3, -0.25) is 0 Å². The normalized spacial score (nSPS) is 9.17. The van der Waals surface area contributed by atoms with Crippen LogP contribution >= 0.6 is 0 Å². The Morgan fingerprint density at radius 2 is 2.00 bits per heavy atom. The molecule has 0 atom stereocenters. The van der Waals surface area contributed by atoms with Crippen LogP contribution in [0.25, 0.3) is 0 Å². The average molecular weight is 294 g/mol. The zero-order valence-corrected chi connectivity index (χ0v) is 11.2. The van der Waals surface area contributed by atoms with E-state index in [4.69, 9.17) is 4.74 Å². The van der Waals surface area contributed by atoms with Gasteiger partial charge in [-0.05, 0) is 6.42 Å². The Bertz CT molecular complexity index is 89.1. The van der Waals surface area contributed by atoms with Gasteiger partial charge in [0, 0.05) is 7.11 Å². The van der Waals surface area contributed by atoms with Gasteiger partial charge in [0.2, 0.25) is 0 Å². The van der Waals surface area contributed by atoms with Crippen molar-refractivity contribution in [3.63, 3.8) is 0 Å². The van der Waals surface area contributed by atoms with Gasteiger partial charge < -0.3 is 40.4 Å². The van der Waals surface area contributed by atoms with Crippen molar-refractivity contribution in [2.75, 3.05) is 20.5 Å². The molecule has 0 rings (SSSR count). The third kappa shape index (κ3) is 17.3. The van der Waals surface area contributed by atoms with Gasteiger partial charge in [-0.1, -0.05) is 6.08 Å². The maximum absolute atomic E-state index is 5.04. The number of hydrogen-bond donors (Lipinski definition) is 0. The van der Waals surface area contributed by atoms with Crippen LogP contribution < -0.4 is 24.0 Å². The Hall–Kier alpha value is 1.16. The number of methoxy groups -OCH3 is 1. The van der Waals surface area contributed by atoms with Crippen LogP contribution in [0.15, 0.2) is 12.2 Å². The van der Waals surface area contributed by atoms with Crippen molar-refractivity contribution in [3.8, 4) is 0 Å². The summed E-state index contributed by atoms with van der Waals surface area (Å²) in [4.78, 5) is 0. The topological polar surface area (TPSA) is 18.5 Å². The second-order valence-corrected chi connectivity index (χ2v) is 1.86. The molecular formula is C8H15IMgO2. The largest absolute Gasteiger partial charge is 2.00 e. The van der Waals surface area contributed by atoms with Crippen molar-refractivity contribution in [3.05, 3.63) is 19.1 Å². The summed E-state index contributed by atoms with van der Waals surface area (Å²) >= 11 is 0. The van der Waals surface area contributed by atoms with E-state index in [1.807, 2.05) is 6.08 Å². The minimum absolute atomic E-state index is 0. The maximum Gasteiger partial charge on any atom is 2.00 e. The summed E-state index contributed by atoms with van der Waals surface area (Å²) in [6, 6.07) is 0. The molecule has 0 saturated heterocycles. The molecule has 0 amide bonds. The number of rotatable bonds is 6. The Morgan fingerprint density at radius 1 is 1.33 bits per heavy atom. The summed E-state index contributed by atoms with van der Waals surface area (Å²) in [7, 11) is 1.62. The van der Waals surface area contributed by atoms with E-state index in [-0.39, 0.29) is 47.0 Å². The van der Waals surface area contributed by atoms with E-state index >= 15 is 0 Å². The SMILES string of the molecule is [CH2-]C/C=C\CCOCOC.[I-].[Mg+2]. The van der Waals surface area contributed by atoms with Gasteiger partial charge >= 0.3 is 23.1 Å². The minimum Gasteiger partial charge on any atom is -1.00 e. The fraction of sp³-hybridized carbons (Fsp3) is 0.625. The van der Waals surface area contributed by atoms with Gasteiger partial charge in [0.1, 0.15) is 6.79 Å². The monoisotopic (exact) mass is 294 g/mol. The van der Waals surface area contributed by atoms with E-state index < -0.39 is 0 Å². The molecule has 68 valence electrons. The van der Waals surface area contributed by atoms with Gasteiger partial charge in [0.15, 0.2) is 0 Å². The number of ether oxygens (including phenoxy) is 2. The molecular weight excluding hydrogens is 279 g/mol. The molecule has 0 radical (unpaired) electrons. The molecule has 0 aromatic carbocycles. The summed E-state index contributed by atoms with van der Waals surface area (Å²) in [5.41, 5.74) is 0. The molecule has 2 nitrogen and oxygen atoms in total. The summed E-state index contributed by atoms with van der Waals surface area (Å²) in [6.07, 6.45) is 5.88. The zero-order chi connectivity index (χ0) is 7.66. The van der Waals surface area contributed by atoms with Crippen LogP contribution in [0.4, 0.5) is 0 Å². The fourth-order valence-corrected chi connectivity index (χ4v) is 0.529. The molecule has 12 heavy (non-hydrogen) atoms. The molecule has 0 aliphatic carbocycles. The predicted octanol–water partition coefficient (Wildman–Crippen LogP) is -1.60. The third-order valence-electron chi connectivity index (χ3n) is 0.963. The molecule has 0 aliphatic heterocycles. The molecule has 0 aromatic rings. The number of hydrogen-bond acceptors (Lipinski definition) is 2. The van der Waals surface area contributed by atoms with Gasteiger partial charge in [-0.25, -0.2) is 0 Å². The van der Waals surface area contributed by atoms with Crippen LogP contribution in [-0.2, 0) is 9.47 Å². The van der Waals surface area contributed by atoms with Gasteiger partial charge in [0.25, 0.3) is 0 Å². The molecule has 0 saturated carbocycles. The molecule has 0 unspecified atom stereocenters. The smallest absolute Gasteiger partial charge is 1.00 e. The first-order valence-electron chi connectivity index (χ1n) is 3.42. The van der Waals surface area contributed by atoms with Crippen molar-refractivity contribution in [2.45, 2.75) is 12.8 Å². The van der Waals surface area contributed by atoms with Crippen LogP contribution in [0.3, 0.4) is 0 Å². The Labute approximate surface area is 108 Å². The van der Waals surface area contributed by atoms with Crippen molar-refractivity contribution in [1.29, 1.82) is 0 Å². The first-order valence-corrected chi connectivity index (χ1v) is 3.42. The van der Waals surface area contributed by atoms with E-state index in [1.165, 1.54) is 0 Å². The van der Waals surface area contributed by atoms with Crippen LogP contribution in [0.1, 0.15) is 12.8 Å². The number of allylic oxidation sites excluding steroid dienone is 1. The van der Waals surface area contributed by atoms with Crippen molar-refractivity contribution in [1.82, 2.24) is 0 Å². The maximum atomic E-state index is 5.04. The third-order valence-corrected chi connectivity index (χ3v) is 0.963. The summed E-state index contributed by atoms with van der Waals surface area (Å²) in [5, 5.41) is 0. The van der Waals surface area contributed by atoms with E-state index in [9.17, 15) is 0 Å². The van der Waals surface area contributed by atoms with Crippen LogP contribution in [0.2, 0.25) is 0 Å².